The molecule has 158 valence electrons. The second kappa shape index (κ2) is 9.00. The number of anilines is 1. The zero-order chi connectivity index (χ0) is 21.8. The standard InChI is InChI=1S/C25H26N4O2/c1-17-9-4-7-12-22(17)31-14-8-13-25(30)27-24-16-19(3)28-29(24)23-15-18(2)20-10-5-6-11-21(20)26-23/h4-7,9-12,15-16H,8,13-14H2,1-3H3,(H,27,30). The number of hydrogen-bond acceptors (Lipinski definition) is 4. The minimum absolute atomic E-state index is 0.0768. The van der Waals surface area contributed by atoms with Crippen LogP contribution in [0.15, 0.2) is 60.7 Å². The third kappa shape index (κ3) is 4.74. The predicted octanol–water partition coefficient (Wildman–Crippen LogP) is 5.14. The first-order chi connectivity index (χ1) is 15.0. The molecular formula is C25H26N4O2. The Morgan fingerprint density at radius 3 is 2.61 bits per heavy atom. The Morgan fingerprint density at radius 2 is 1.77 bits per heavy atom. The van der Waals surface area contributed by atoms with Crippen molar-refractivity contribution >= 4 is 22.6 Å². The van der Waals surface area contributed by atoms with Gasteiger partial charge in [0.05, 0.1) is 17.8 Å². The zero-order valence-electron chi connectivity index (χ0n) is 18.1. The van der Waals surface area contributed by atoms with E-state index in [2.05, 4.69) is 23.4 Å². The summed E-state index contributed by atoms with van der Waals surface area (Å²) >= 11 is 0. The van der Waals surface area contributed by atoms with Gasteiger partial charge in [-0.25, -0.2) is 4.98 Å². The van der Waals surface area contributed by atoms with Gasteiger partial charge in [0.2, 0.25) is 5.91 Å². The van der Waals surface area contributed by atoms with Gasteiger partial charge in [0.25, 0.3) is 0 Å². The molecular weight excluding hydrogens is 388 g/mol. The Bertz CT molecular complexity index is 1230. The van der Waals surface area contributed by atoms with Gasteiger partial charge in [-0.05, 0) is 56.5 Å². The van der Waals surface area contributed by atoms with Crippen molar-refractivity contribution in [1.29, 1.82) is 0 Å². The topological polar surface area (TPSA) is 69.0 Å². The number of ether oxygens (including phenoxy) is 1. The van der Waals surface area contributed by atoms with Gasteiger partial charge >= 0.3 is 0 Å². The fourth-order valence-electron chi connectivity index (χ4n) is 3.54. The van der Waals surface area contributed by atoms with Crippen LogP contribution in [0.1, 0.15) is 29.7 Å². The van der Waals surface area contributed by atoms with Gasteiger partial charge in [-0.2, -0.15) is 9.78 Å². The molecule has 0 aliphatic rings. The summed E-state index contributed by atoms with van der Waals surface area (Å²) in [7, 11) is 0. The number of fused-ring (bicyclic) bond motifs is 1. The number of nitrogens with zero attached hydrogens (tertiary/aromatic N) is 3. The maximum Gasteiger partial charge on any atom is 0.225 e. The molecule has 2 heterocycles. The second-order valence-corrected chi connectivity index (χ2v) is 7.66. The molecule has 0 fully saturated rings. The summed E-state index contributed by atoms with van der Waals surface area (Å²) < 4.78 is 7.47. The van der Waals surface area contributed by atoms with Crippen LogP contribution in [0.5, 0.6) is 5.75 Å². The van der Waals surface area contributed by atoms with Gasteiger partial charge < -0.3 is 10.1 Å². The van der Waals surface area contributed by atoms with Crippen LogP contribution < -0.4 is 10.1 Å². The molecule has 2 aromatic carbocycles. The van der Waals surface area contributed by atoms with Crippen LogP contribution in [-0.2, 0) is 4.79 Å². The van der Waals surface area contributed by atoms with Crippen LogP contribution in [0.2, 0.25) is 0 Å². The largest absolute Gasteiger partial charge is 0.493 e. The van der Waals surface area contributed by atoms with Crippen LogP contribution in [-0.4, -0.2) is 27.3 Å². The molecule has 6 heteroatoms. The van der Waals surface area contributed by atoms with Crippen molar-refractivity contribution in [2.24, 2.45) is 0 Å². The average molecular weight is 415 g/mol. The highest BCUT2D eigenvalue weighted by molar-refractivity contribution is 5.90. The fraction of sp³-hybridized carbons (Fsp3) is 0.240. The Hall–Kier alpha value is -3.67. The number of para-hydroxylation sites is 2. The summed E-state index contributed by atoms with van der Waals surface area (Å²) in [5, 5.41) is 8.62. The van der Waals surface area contributed by atoms with E-state index in [0.717, 1.165) is 33.5 Å². The Kier molecular flexibility index (Phi) is 5.98. The number of benzene rings is 2. The number of rotatable bonds is 7. The molecule has 4 rings (SSSR count). The molecule has 31 heavy (non-hydrogen) atoms. The normalized spacial score (nSPS) is 10.9. The maximum atomic E-state index is 12.5. The quantitative estimate of drug-likeness (QED) is 0.425. The lowest BCUT2D eigenvalue weighted by Crippen LogP contribution is -2.16. The molecule has 0 atom stereocenters. The molecule has 0 bridgehead atoms. The molecule has 0 unspecified atom stereocenters. The van der Waals surface area contributed by atoms with Crippen LogP contribution in [0.4, 0.5) is 5.82 Å². The van der Waals surface area contributed by atoms with Crippen molar-refractivity contribution in [2.75, 3.05) is 11.9 Å². The number of aryl methyl sites for hydroxylation is 3. The van der Waals surface area contributed by atoms with Crippen molar-refractivity contribution in [3.05, 3.63) is 77.5 Å². The van der Waals surface area contributed by atoms with Crippen molar-refractivity contribution in [2.45, 2.75) is 33.6 Å². The van der Waals surface area contributed by atoms with Crippen molar-refractivity contribution < 1.29 is 9.53 Å². The highest BCUT2D eigenvalue weighted by atomic mass is 16.5. The van der Waals surface area contributed by atoms with Gasteiger partial charge in [0.15, 0.2) is 5.82 Å². The van der Waals surface area contributed by atoms with Gasteiger partial charge in [-0.1, -0.05) is 36.4 Å². The third-order valence-electron chi connectivity index (χ3n) is 5.12. The molecule has 6 nitrogen and oxygen atoms in total. The lowest BCUT2D eigenvalue weighted by Gasteiger charge is -2.11. The minimum atomic E-state index is -0.0768. The van der Waals surface area contributed by atoms with Crippen LogP contribution in [0.25, 0.3) is 16.7 Å². The summed E-state index contributed by atoms with van der Waals surface area (Å²) in [4.78, 5) is 17.3. The molecule has 0 radical (unpaired) electrons. The van der Waals surface area contributed by atoms with E-state index in [1.807, 2.05) is 68.4 Å². The summed E-state index contributed by atoms with van der Waals surface area (Å²) in [5.74, 6) is 2.08. The Labute approximate surface area is 181 Å². The number of hydrogen-bond donors (Lipinski definition) is 1. The number of pyridine rings is 1. The number of amides is 1. The Balaban J connectivity index is 1.43. The molecule has 0 aliphatic heterocycles. The monoisotopic (exact) mass is 414 g/mol. The molecule has 1 N–H and O–H groups in total. The van der Waals surface area contributed by atoms with E-state index < -0.39 is 0 Å². The van der Waals surface area contributed by atoms with E-state index >= 15 is 0 Å². The lowest BCUT2D eigenvalue weighted by molar-refractivity contribution is -0.116. The van der Waals surface area contributed by atoms with Crippen LogP contribution in [0, 0.1) is 20.8 Å². The predicted molar refractivity (Wildman–Crippen MR) is 123 cm³/mol. The van der Waals surface area contributed by atoms with E-state index in [1.54, 1.807) is 4.68 Å². The number of nitrogens with one attached hydrogen (secondary N) is 1. The summed E-state index contributed by atoms with van der Waals surface area (Å²) in [6.45, 7) is 6.45. The zero-order valence-corrected chi connectivity index (χ0v) is 18.1. The second-order valence-electron chi connectivity index (χ2n) is 7.66. The molecule has 1 amide bonds. The minimum Gasteiger partial charge on any atom is -0.493 e. The fourth-order valence-corrected chi connectivity index (χ4v) is 3.54. The Morgan fingerprint density at radius 1 is 1.00 bits per heavy atom. The summed E-state index contributed by atoms with van der Waals surface area (Å²) in [6.07, 6.45) is 0.987. The van der Waals surface area contributed by atoms with E-state index in [4.69, 9.17) is 9.72 Å². The molecule has 0 saturated carbocycles. The lowest BCUT2D eigenvalue weighted by atomic mass is 10.1. The first kappa shape index (κ1) is 20.6. The highest BCUT2D eigenvalue weighted by Crippen LogP contribution is 2.22. The van der Waals surface area contributed by atoms with Crippen molar-refractivity contribution in [3.8, 4) is 11.6 Å². The maximum absolute atomic E-state index is 12.5. The molecule has 4 aromatic rings. The third-order valence-corrected chi connectivity index (χ3v) is 5.12. The van der Waals surface area contributed by atoms with E-state index in [-0.39, 0.29) is 5.91 Å². The first-order valence-corrected chi connectivity index (χ1v) is 10.4. The van der Waals surface area contributed by atoms with Gasteiger partial charge in [0.1, 0.15) is 11.6 Å². The van der Waals surface area contributed by atoms with Crippen molar-refractivity contribution in [3.63, 3.8) is 0 Å². The van der Waals surface area contributed by atoms with E-state index in [9.17, 15) is 4.79 Å². The molecule has 0 aliphatic carbocycles. The van der Waals surface area contributed by atoms with Crippen LogP contribution >= 0.6 is 0 Å². The average Bonchev–Trinajstić information content (AvgIpc) is 3.12. The first-order valence-electron chi connectivity index (χ1n) is 10.4. The van der Waals surface area contributed by atoms with E-state index in [0.29, 0.717) is 31.1 Å². The van der Waals surface area contributed by atoms with Crippen molar-refractivity contribution in [1.82, 2.24) is 14.8 Å². The molecule has 0 spiro atoms. The van der Waals surface area contributed by atoms with Crippen LogP contribution in [0.3, 0.4) is 0 Å². The number of aromatic nitrogens is 3. The summed E-state index contributed by atoms with van der Waals surface area (Å²) in [5.41, 5.74) is 3.91. The summed E-state index contributed by atoms with van der Waals surface area (Å²) in [6, 6.07) is 19.7. The smallest absolute Gasteiger partial charge is 0.225 e. The number of carbonyl (C=O) groups is 1. The molecule has 0 saturated heterocycles. The van der Waals surface area contributed by atoms with Gasteiger partial charge in [-0.3, -0.25) is 4.79 Å². The SMILES string of the molecule is Cc1cc(NC(=O)CCCOc2ccccc2C)n(-c2cc(C)c3ccccc3n2)n1. The van der Waals surface area contributed by atoms with Gasteiger partial charge in [-0.15, -0.1) is 0 Å². The highest BCUT2D eigenvalue weighted by Gasteiger charge is 2.13. The van der Waals surface area contributed by atoms with Gasteiger partial charge in [0, 0.05) is 17.9 Å². The van der Waals surface area contributed by atoms with E-state index in [1.165, 1.54) is 0 Å². The molecule has 2 aromatic heterocycles. The number of carbonyl (C=O) groups excluding carboxylic acids is 1.